The second-order valence-electron chi connectivity index (χ2n) is 5.78. The monoisotopic (exact) mass is 248 g/mol. The first kappa shape index (κ1) is 15.2. The summed E-state index contributed by atoms with van der Waals surface area (Å²) < 4.78 is 5.31. The van der Waals surface area contributed by atoms with Crippen LogP contribution in [0.5, 0.6) is 0 Å². The third kappa shape index (κ3) is 4.45. The molecule has 1 nitrogen and oxygen atoms in total. The molecule has 0 saturated carbocycles. The lowest BCUT2D eigenvalue weighted by Crippen LogP contribution is -2.19. The first-order chi connectivity index (χ1) is 8.61. The Bertz CT molecular complexity index is 341. The normalized spacial score (nSPS) is 11.8. The van der Waals surface area contributed by atoms with Gasteiger partial charge in [0.1, 0.15) is 0 Å². The molecular weight excluding hydrogens is 220 g/mol. The van der Waals surface area contributed by atoms with E-state index in [-0.39, 0.29) is 5.41 Å². The van der Waals surface area contributed by atoms with Crippen molar-refractivity contribution in [2.45, 2.75) is 64.9 Å². The van der Waals surface area contributed by atoms with Gasteiger partial charge in [-0.05, 0) is 23.0 Å². The molecule has 1 rings (SSSR count). The smallest absolute Gasteiger partial charge is 0.0715 e. The van der Waals surface area contributed by atoms with E-state index in [2.05, 4.69) is 45.0 Å². The van der Waals surface area contributed by atoms with Gasteiger partial charge in [-0.15, -0.1) is 0 Å². The second kappa shape index (κ2) is 7.58. The maximum absolute atomic E-state index is 5.31. The molecule has 0 aliphatic carbocycles. The van der Waals surface area contributed by atoms with E-state index in [9.17, 15) is 0 Å². The van der Waals surface area contributed by atoms with Crippen molar-refractivity contribution in [3.05, 3.63) is 35.4 Å². The molecule has 0 fully saturated rings. The van der Waals surface area contributed by atoms with E-state index in [0.717, 1.165) is 0 Å². The number of hydrogen-bond acceptors (Lipinski definition) is 1. The Morgan fingerprint density at radius 1 is 1.06 bits per heavy atom. The molecule has 0 aromatic heterocycles. The van der Waals surface area contributed by atoms with Crippen LogP contribution < -0.4 is 0 Å². The average molecular weight is 248 g/mol. The quantitative estimate of drug-likeness (QED) is 0.583. The fourth-order valence-electron chi connectivity index (χ4n) is 2.59. The third-order valence-corrected chi connectivity index (χ3v) is 3.70. The molecule has 0 N–H and O–H groups in total. The zero-order valence-corrected chi connectivity index (χ0v) is 12.5. The van der Waals surface area contributed by atoms with Crippen molar-refractivity contribution in [1.29, 1.82) is 0 Å². The fourth-order valence-corrected chi connectivity index (χ4v) is 2.59. The standard InChI is InChI=1S/C17H28O/c1-5-6-7-10-13-17(2,3)16-12-9-8-11-15(16)14-18-4/h8-9,11-12H,5-7,10,13-14H2,1-4H3. The molecule has 1 heteroatoms. The first-order valence-corrected chi connectivity index (χ1v) is 7.19. The topological polar surface area (TPSA) is 9.23 Å². The van der Waals surface area contributed by atoms with E-state index in [1.165, 1.54) is 43.2 Å². The highest BCUT2D eigenvalue weighted by atomic mass is 16.5. The maximum atomic E-state index is 5.31. The molecule has 0 unspecified atom stereocenters. The van der Waals surface area contributed by atoms with Crippen molar-refractivity contribution in [2.75, 3.05) is 7.11 Å². The van der Waals surface area contributed by atoms with Crippen LogP contribution in [0.25, 0.3) is 0 Å². The largest absolute Gasteiger partial charge is 0.380 e. The van der Waals surface area contributed by atoms with Crippen LogP contribution in [-0.4, -0.2) is 7.11 Å². The first-order valence-electron chi connectivity index (χ1n) is 7.19. The summed E-state index contributed by atoms with van der Waals surface area (Å²) in [5.41, 5.74) is 3.03. The minimum absolute atomic E-state index is 0.253. The summed E-state index contributed by atoms with van der Waals surface area (Å²) in [7, 11) is 1.77. The van der Waals surface area contributed by atoms with Gasteiger partial charge in [0.2, 0.25) is 0 Å². The van der Waals surface area contributed by atoms with Crippen LogP contribution in [0.3, 0.4) is 0 Å². The molecule has 102 valence electrons. The zero-order chi connectivity index (χ0) is 13.4. The van der Waals surface area contributed by atoms with Crippen molar-refractivity contribution in [2.24, 2.45) is 0 Å². The van der Waals surface area contributed by atoms with E-state index < -0.39 is 0 Å². The minimum atomic E-state index is 0.253. The number of unbranched alkanes of at least 4 members (excludes halogenated alkanes) is 3. The number of benzene rings is 1. The molecular formula is C17H28O. The lowest BCUT2D eigenvalue weighted by molar-refractivity contribution is 0.182. The Balaban J connectivity index is 2.70. The summed E-state index contributed by atoms with van der Waals surface area (Å²) in [5, 5.41) is 0. The van der Waals surface area contributed by atoms with Gasteiger partial charge in [0, 0.05) is 7.11 Å². The van der Waals surface area contributed by atoms with Gasteiger partial charge in [-0.2, -0.15) is 0 Å². The molecule has 0 aliphatic heterocycles. The van der Waals surface area contributed by atoms with Crippen molar-refractivity contribution < 1.29 is 4.74 Å². The Kier molecular flexibility index (Phi) is 6.42. The molecule has 1 aromatic carbocycles. The molecule has 0 saturated heterocycles. The molecule has 0 atom stereocenters. The highest BCUT2D eigenvalue weighted by Gasteiger charge is 2.22. The van der Waals surface area contributed by atoms with E-state index >= 15 is 0 Å². The Hall–Kier alpha value is -0.820. The van der Waals surface area contributed by atoms with Gasteiger partial charge in [0.05, 0.1) is 6.61 Å². The van der Waals surface area contributed by atoms with Crippen molar-refractivity contribution in [1.82, 2.24) is 0 Å². The van der Waals surface area contributed by atoms with E-state index in [0.29, 0.717) is 6.61 Å². The van der Waals surface area contributed by atoms with Crippen LogP contribution in [0, 0.1) is 0 Å². The second-order valence-corrected chi connectivity index (χ2v) is 5.78. The van der Waals surface area contributed by atoms with E-state index in [1.807, 2.05) is 0 Å². The number of rotatable bonds is 8. The summed E-state index contributed by atoms with van der Waals surface area (Å²) in [6.07, 6.45) is 6.60. The van der Waals surface area contributed by atoms with Crippen LogP contribution in [0.1, 0.15) is 64.0 Å². The van der Waals surface area contributed by atoms with Gasteiger partial charge in [0.15, 0.2) is 0 Å². The number of hydrogen-bond donors (Lipinski definition) is 0. The molecule has 0 bridgehead atoms. The summed E-state index contributed by atoms with van der Waals surface area (Å²) in [4.78, 5) is 0. The van der Waals surface area contributed by atoms with Gasteiger partial charge in [-0.1, -0.05) is 70.7 Å². The molecule has 18 heavy (non-hydrogen) atoms. The van der Waals surface area contributed by atoms with Gasteiger partial charge >= 0.3 is 0 Å². The maximum Gasteiger partial charge on any atom is 0.0715 e. The van der Waals surface area contributed by atoms with Crippen molar-refractivity contribution in [3.63, 3.8) is 0 Å². The predicted octanol–water partition coefficient (Wildman–Crippen LogP) is 5.08. The van der Waals surface area contributed by atoms with Crippen LogP contribution in [0.4, 0.5) is 0 Å². The van der Waals surface area contributed by atoms with Gasteiger partial charge in [-0.3, -0.25) is 0 Å². The summed E-state index contributed by atoms with van der Waals surface area (Å²) in [6, 6.07) is 8.69. The summed E-state index contributed by atoms with van der Waals surface area (Å²) >= 11 is 0. The lowest BCUT2D eigenvalue weighted by Gasteiger charge is -2.28. The van der Waals surface area contributed by atoms with Gasteiger partial charge in [0.25, 0.3) is 0 Å². The summed E-state index contributed by atoms with van der Waals surface area (Å²) in [5.74, 6) is 0. The highest BCUT2D eigenvalue weighted by Crippen LogP contribution is 2.32. The Labute approximate surface area is 113 Å². The summed E-state index contributed by atoms with van der Waals surface area (Å²) in [6.45, 7) is 7.69. The Morgan fingerprint density at radius 3 is 2.44 bits per heavy atom. The minimum Gasteiger partial charge on any atom is -0.380 e. The van der Waals surface area contributed by atoms with E-state index in [1.54, 1.807) is 7.11 Å². The van der Waals surface area contributed by atoms with Crippen LogP contribution in [0.15, 0.2) is 24.3 Å². The predicted molar refractivity (Wildman–Crippen MR) is 78.9 cm³/mol. The van der Waals surface area contributed by atoms with Crippen LogP contribution in [-0.2, 0) is 16.8 Å². The van der Waals surface area contributed by atoms with Crippen LogP contribution in [0.2, 0.25) is 0 Å². The van der Waals surface area contributed by atoms with Gasteiger partial charge < -0.3 is 4.74 Å². The molecule has 0 radical (unpaired) electrons. The molecule has 0 heterocycles. The number of methoxy groups -OCH3 is 1. The zero-order valence-electron chi connectivity index (χ0n) is 12.5. The fraction of sp³-hybridized carbons (Fsp3) is 0.647. The lowest BCUT2D eigenvalue weighted by atomic mass is 9.78. The molecule has 0 aliphatic rings. The third-order valence-electron chi connectivity index (χ3n) is 3.70. The highest BCUT2D eigenvalue weighted by molar-refractivity contribution is 5.32. The molecule has 1 aromatic rings. The van der Waals surface area contributed by atoms with E-state index in [4.69, 9.17) is 4.74 Å². The van der Waals surface area contributed by atoms with Crippen molar-refractivity contribution in [3.8, 4) is 0 Å². The van der Waals surface area contributed by atoms with Crippen LogP contribution >= 0.6 is 0 Å². The SMILES string of the molecule is CCCCCCC(C)(C)c1ccccc1COC. The van der Waals surface area contributed by atoms with Crippen molar-refractivity contribution >= 4 is 0 Å². The average Bonchev–Trinajstić information content (AvgIpc) is 2.36. The van der Waals surface area contributed by atoms with Gasteiger partial charge in [-0.25, -0.2) is 0 Å². The molecule has 0 amide bonds. The number of ether oxygens (including phenoxy) is 1. The molecule has 0 spiro atoms. The Morgan fingerprint density at radius 2 is 1.78 bits per heavy atom.